The molecule has 3 nitrogen and oxygen atoms in total. The Balaban J connectivity index is 2.35. The average Bonchev–Trinajstić information content (AvgIpc) is 2.53. The van der Waals surface area contributed by atoms with Crippen LogP contribution in [0.2, 0.25) is 15.8 Å². The van der Waals surface area contributed by atoms with E-state index in [0.717, 1.165) is 11.1 Å². The van der Waals surface area contributed by atoms with Gasteiger partial charge in [-0.1, -0.05) is 64.7 Å². The van der Waals surface area contributed by atoms with Crippen molar-refractivity contribution in [2.24, 2.45) is 0 Å². The summed E-state index contributed by atoms with van der Waals surface area (Å²) in [5, 5.41) is 1.08. The maximum absolute atomic E-state index is 13.7. The van der Waals surface area contributed by atoms with Gasteiger partial charge in [0.1, 0.15) is 11.5 Å². The summed E-state index contributed by atoms with van der Waals surface area (Å²) in [6.07, 6.45) is 0. The quantitative estimate of drug-likeness (QED) is 0.418. The lowest BCUT2D eigenvalue weighted by Crippen LogP contribution is -2.31. The first kappa shape index (κ1) is 22.0. The van der Waals surface area contributed by atoms with Crippen molar-refractivity contribution in [3.05, 3.63) is 45.4 Å². The maximum Gasteiger partial charge on any atom is 0.853 e. The molecule has 1 aliphatic rings. The average molecular weight is 455 g/mol. The second-order valence-electron chi connectivity index (χ2n) is 9.13. The predicted molar refractivity (Wildman–Crippen MR) is 118 cm³/mol. The third-order valence-electron chi connectivity index (χ3n) is 4.62. The molecule has 0 bridgehead atoms. The van der Waals surface area contributed by atoms with Crippen LogP contribution in [0.5, 0.6) is 11.5 Å². The summed E-state index contributed by atoms with van der Waals surface area (Å²) in [7, 11) is -1.54. The zero-order valence-corrected chi connectivity index (χ0v) is 20.8. The van der Waals surface area contributed by atoms with Gasteiger partial charge < -0.3 is 7.58 Å². The molecule has 2 aromatic carbocycles. The van der Waals surface area contributed by atoms with Crippen LogP contribution in [0.1, 0.15) is 52.7 Å². The first-order valence-electron chi connectivity index (χ1n) is 9.22. The van der Waals surface area contributed by atoms with E-state index >= 15 is 0 Å². The van der Waals surface area contributed by atoms with Gasteiger partial charge in [-0.2, -0.15) is 0 Å². The molecule has 1 aliphatic heterocycles. The van der Waals surface area contributed by atoms with Gasteiger partial charge in [-0.05, 0) is 52.0 Å². The number of rotatable bonds is 0. The molecule has 3 rings (SSSR count). The van der Waals surface area contributed by atoms with Crippen molar-refractivity contribution >= 4 is 48.8 Å². The van der Waals surface area contributed by atoms with Gasteiger partial charge in [0, 0.05) is 10.0 Å². The largest absolute Gasteiger partial charge is 0.853 e. The Labute approximate surface area is 184 Å². The standard InChI is InChI=1S/C20H24Cl2O3S.CH3.Al/c1-19(2,3)13-7-11(21)9-15(17(13)23)26(25)16-10-12(22)8-14(18(16)24)20(4,5)6;;/h7-10,23-24H,1-6H3;1H3;/q;;+2/p-2. The topological polar surface area (TPSA) is 35.5 Å². The number of fused-ring (bicyclic) bond motifs is 2. The number of benzene rings is 2. The van der Waals surface area contributed by atoms with Gasteiger partial charge in [-0.15, -0.1) is 0 Å². The minimum atomic E-state index is -2.12. The monoisotopic (exact) mass is 454 g/mol. The van der Waals surface area contributed by atoms with Crippen molar-refractivity contribution in [1.29, 1.82) is 0 Å². The summed E-state index contributed by atoms with van der Waals surface area (Å²) in [5.41, 5.74) is 1.40. The second-order valence-corrected chi connectivity index (χ2v) is 13.0. The Morgan fingerprint density at radius 3 is 1.46 bits per heavy atom. The molecule has 0 aromatic heterocycles. The molecule has 0 saturated carbocycles. The van der Waals surface area contributed by atoms with E-state index < -0.39 is 25.6 Å². The SMILES string of the molecule is [CH3][Al]1[O]c2c(cc(Cl)cc2C(C)(C)C)S(=O)c2cc(Cl)cc(C(C)(C)C)c2[O]1. The van der Waals surface area contributed by atoms with Crippen molar-refractivity contribution in [2.75, 3.05) is 0 Å². The van der Waals surface area contributed by atoms with Crippen molar-refractivity contribution in [3.8, 4) is 11.5 Å². The van der Waals surface area contributed by atoms with Gasteiger partial charge in [0.15, 0.2) is 0 Å². The molecule has 0 atom stereocenters. The molecule has 0 radical (unpaired) electrons. The van der Waals surface area contributed by atoms with Crippen LogP contribution >= 0.6 is 23.2 Å². The van der Waals surface area contributed by atoms with Gasteiger partial charge in [-0.25, -0.2) is 4.21 Å². The third-order valence-corrected chi connectivity index (χ3v) is 7.60. The normalized spacial score (nSPS) is 15.1. The van der Waals surface area contributed by atoms with Crippen LogP contribution in [0.25, 0.3) is 0 Å². The summed E-state index contributed by atoms with van der Waals surface area (Å²) in [6.45, 7) is 12.5. The Morgan fingerprint density at radius 1 is 0.786 bits per heavy atom. The lowest BCUT2D eigenvalue weighted by Gasteiger charge is -2.31. The van der Waals surface area contributed by atoms with Crippen LogP contribution in [0.3, 0.4) is 0 Å². The van der Waals surface area contributed by atoms with Gasteiger partial charge in [0.05, 0.1) is 20.6 Å². The summed E-state index contributed by atoms with van der Waals surface area (Å²) in [5.74, 6) is 3.22. The molecule has 0 saturated heterocycles. The highest BCUT2D eigenvalue weighted by molar-refractivity contribution is 7.85. The first-order valence-corrected chi connectivity index (χ1v) is 13.2. The van der Waals surface area contributed by atoms with Crippen molar-refractivity contribution in [1.82, 2.24) is 0 Å². The van der Waals surface area contributed by atoms with E-state index in [2.05, 4.69) is 41.5 Å². The van der Waals surface area contributed by atoms with Crippen molar-refractivity contribution in [3.63, 3.8) is 0 Å². The van der Waals surface area contributed by atoms with E-state index in [1.54, 1.807) is 12.1 Å². The molecule has 0 unspecified atom stereocenters. The van der Waals surface area contributed by atoms with E-state index in [1.807, 2.05) is 17.9 Å². The van der Waals surface area contributed by atoms with Crippen LogP contribution in [0, 0.1) is 0 Å². The smallest absolute Gasteiger partial charge is 0.611 e. The van der Waals surface area contributed by atoms with E-state index in [9.17, 15) is 4.21 Å². The van der Waals surface area contributed by atoms with Crippen LogP contribution in [0.4, 0.5) is 0 Å². The predicted octanol–water partition coefficient (Wildman–Crippen LogP) is 6.64. The summed E-state index contributed by atoms with van der Waals surface area (Å²) < 4.78 is 26.3. The minimum Gasteiger partial charge on any atom is -0.611 e. The molecular weight excluding hydrogens is 430 g/mol. The molecule has 0 spiro atoms. The molecule has 7 heteroatoms. The first-order chi connectivity index (χ1) is 12.8. The molecule has 150 valence electrons. The zero-order chi connectivity index (χ0) is 21.0. The van der Waals surface area contributed by atoms with Gasteiger partial charge >= 0.3 is 14.8 Å². The minimum absolute atomic E-state index is 0.222. The number of hydrogen-bond acceptors (Lipinski definition) is 3. The summed E-state index contributed by atoms with van der Waals surface area (Å²) >= 11 is 10.7. The van der Waals surface area contributed by atoms with E-state index in [0.29, 0.717) is 31.3 Å². The molecule has 0 aliphatic carbocycles. The highest BCUT2D eigenvalue weighted by atomic mass is 35.5. The number of hydrogen-bond donors (Lipinski definition) is 0. The summed E-state index contributed by atoms with van der Waals surface area (Å²) in [4.78, 5) is 1.15. The Kier molecular flexibility index (Phi) is 5.91. The molecule has 0 N–H and O–H groups in total. The molecule has 2 aromatic rings. The lowest BCUT2D eigenvalue weighted by atomic mass is 9.86. The third kappa shape index (κ3) is 4.25. The van der Waals surface area contributed by atoms with Gasteiger partial charge in [0.25, 0.3) is 0 Å². The van der Waals surface area contributed by atoms with Crippen LogP contribution < -0.4 is 7.58 Å². The Bertz CT molecular complexity index is 886. The molecule has 1 heterocycles. The fraction of sp³-hybridized carbons (Fsp3) is 0.429. The Morgan fingerprint density at radius 2 is 1.14 bits per heavy atom. The van der Waals surface area contributed by atoms with Crippen LogP contribution in [-0.2, 0) is 21.6 Å². The number of halogens is 2. The lowest BCUT2D eigenvalue weighted by molar-refractivity contribution is 0.396. The van der Waals surface area contributed by atoms with Crippen molar-refractivity contribution in [2.45, 2.75) is 67.9 Å². The maximum atomic E-state index is 13.7. The fourth-order valence-corrected chi connectivity index (χ4v) is 6.56. The van der Waals surface area contributed by atoms with E-state index in [1.165, 1.54) is 0 Å². The van der Waals surface area contributed by atoms with Gasteiger partial charge in [-0.3, -0.25) is 0 Å². The van der Waals surface area contributed by atoms with Gasteiger partial charge in [0.2, 0.25) is 0 Å². The molecule has 28 heavy (non-hydrogen) atoms. The van der Waals surface area contributed by atoms with Crippen LogP contribution in [-0.4, -0.2) is 19.0 Å². The molecule has 0 amide bonds. The van der Waals surface area contributed by atoms with Crippen molar-refractivity contribution < 1.29 is 11.8 Å². The fourth-order valence-electron chi connectivity index (χ4n) is 3.24. The van der Waals surface area contributed by atoms with Crippen LogP contribution in [0.15, 0.2) is 34.1 Å². The molecule has 0 fully saturated rings. The second kappa shape index (κ2) is 7.53. The Hall–Kier alpha value is -0.698. The summed E-state index contributed by atoms with van der Waals surface area (Å²) in [6, 6.07) is 7.24. The highest BCUT2D eigenvalue weighted by Crippen LogP contribution is 2.45. The highest BCUT2D eigenvalue weighted by Gasteiger charge is 2.37. The van der Waals surface area contributed by atoms with E-state index in [-0.39, 0.29) is 10.8 Å². The van der Waals surface area contributed by atoms with E-state index in [4.69, 9.17) is 30.8 Å². The molecular formula is C21H25AlCl2O3S. The zero-order valence-electron chi connectivity index (χ0n) is 17.3.